The molecule has 0 aliphatic carbocycles. The van der Waals surface area contributed by atoms with Crippen molar-refractivity contribution in [1.29, 1.82) is 0 Å². The molecule has 3 aromatic rings. The highest BCUT2D eigenvalue weighted by Gasteiger charge is 2.20. The van der Waals surface area contributed by atoms with E-state index in [4.69, 9.17) is 0 Å². The minimum absolute atomic E-state index is 0.127. The lowest BCUT2D eigenvalue weighted by molar-refractivity contribution is -0.115. The van der Waals surface area contributed by atoms with Crippen LogP contribution in [0.5, 0.6) is 0 Å². The molecule has 0 spiro atoms. The first kappa shape index (κ1) is 20.1. The van der Waals surface area contributed by atoms with Crippen molar-refractivity contribution in [2.45, 2.75) is 43.5 Å². The molecule has 0 aliphatic rings. The Labute approximate surface area is 168 Å². The second-order valence-corrected chi connectivity index (χ2v) is 7.90. The standard InChI is InChI=1S/C21H23FN4OS/c1-4-13(2)15-9-6-8-12-18(15)23-20(27)14(3)28-21-24-19(25-26-21)16-10-5-7-11-17(16)22/h5-14H,4H2,1-3H3,(H,23,27)(H,24,25,26)/t13-,14+/m0/s1. The van der Waals surface area contributed by atoms with Gasteiger partial charge in [0.25, 0.3) is 0 Å². The Morgan fingerprint density at radius 2 is 1.89 bits per heavy atom. The number of hydrogen-bond acceptors (Lipinski definition) is 4. The number of thioether (sulfide) groups is 1. The number of nitrogens with one attached hydrogen (secondary N) is 2. The summed E-state index contributed by atoms with van der Waals surface area (Å²) in [6, 6.07) is 14.2. The molecule has 3 rings (SSSR count). The van der Waals surface area contributed by atoms with Crippen LogP contribution in [0.1, 0.15) is 38.7 Å². The van der Waals surface area contributed by atoms with Crippen molar-refractivity contribution < 1.29 is 9.18 Å². The Morgan fingerprint density at radius 1 is 1.18 bits per heavy atom. The fraction of sp³-hybridized carbons (Fsp3) is 0.286. The van der Waals surface area contributed by atoms with Crippen molar-refractivity contribution in [1.82, 2.24) is 15.2 Å². The zero-order chi connectivity index (χ0) is 20.1. The second-order valence-electron chi connectivity index (χ2n) is 6.59. The molecule has 2 atom stereocenters. The van der Waals surface area contributed by atoms with Gasteiger partial charge in [-0.25, -0.2) is 9.37 Å². The molecule has 2 N–H and O–H groups in total. The number of para-hydroxylation sites is 1. The van der Waals surface area contributed by atoms with Crippen molar-refractivity contribution in [3.63, 3.8) is 0 Å². The molecule has 0 bridgehead atoms. The number of amides is 1. The second kappa shape index (κ2) is 9.01. The molecule has 0 radical (unpaired) electrons. The van der Waals surface area contributed by atoms with Crippen LogP contribution < -0.4 is 5.32 Å². The zero-order valence-electron chi connectivity index (χ0n) is 16.1. The molecule has 7 heteroatoms. The van der Waals surface area contributed by atoms with Gasteiger partial charge in [-0.05, 0) is 43.0 Å². The molecule has 5 nitrogen and oxygen atoms in total. The van der Waals surface area contributed by atoms with Gasteiger partial charge in [0.1, 0.15) is 5.82 Å². The number of carbonyl (C=O) groups excluding carboxylic acids is 1. The SMILES string of the molecule is CC[C@H](C)c1ccccc1NC(=O)[C@@H](C)Sc1n[nH]c(-c2ccccc2F)n1. The van der Waals surface area contributed by atoms with Gasteiger partial charge in [0.05, 0.1) is 10.8 Å². The van der Waals surface area contributed by atoms with E-state index in [0.29, 0.717) is 22.5 Å². The molecule has 28 heavy (non-hydrogen) atoms. The maximum atomic E-state index is 13.9. The molecule has 0 unspecified atom stereocenters. The van der Waals surface area contributed by atoms with Crippen LogP contribution in [-0.4, -0.2) is 26.3 Å². The largest absolute Gasteiger partial charge is 0.325 e. The van der Waals surface area contributed by atoms with E-state index < -0.39 is 5.25 Å². The summed E-state index contributed by atoms with van der Waals surface area (Å²) in [5.41, 5.74) is 2.30. The summed E-state index contributed by atoms with van der Waals surface area (Å²) < 4.78 is 13.9. The van der Waals surface area contributed by atoms with Gasteiger partial charge in [-0.3, -0.25) is 9.89 Å². The van der Waals surface area contributed by atoms with Crippen LogP contribution in [0.15, 0.2) is 53.7 Å². The molecule has 1 aromatic heterocycles. The van der Waals surface area contributed by atoms with Gasteiger partial charge in [0.2, 0.25) is 11.1 Å². The maximum Gasteiger partial charge on any atom is 0.237 e. The number of aromatic amines is 1. The Kier molecular flexibility index (Phi) is 6.46. The number of carbonyl (C=O) groups is 1. The van der Waals surface area contributed by atoms with Gasteiger partial charge < -0.3 is 5.32 Å². The highest BCUT2D eigenvalue weighted by Crippen LogP contribution is 2.28. The Balaban J connectivity index is 1.68. The molecule has 0 fully saturated rings. The van der Waals surface area contributed by atoms with Crippen molar-refractivity contribution >= 4 is 23.4 Å². The van der Waals surface area contributed by atoms with E-state index in [2.05, 4.69) is 34.3 Å². The predicted octanol–water partition coefficient (Wildman–Crippen LogP) is 5.24. The predicted molar refractivity (Wildman–Crippen MR) is 111 cm³/mol. The summed E-state index contributed by atoms with van der Waals surface area (Å²) in [4.78, 5) is 17.0. The summed E-state index contributed by atoms with van der Waals surface area (Å²) >= 11 is 1.22. The van der Waals surface area contributed by atoms with Gasteiger partial charge in [0, 0.05) is 5.69 Å². The highest BCUT2D eigenvalue weighted by molar-refractivity contribution is 8.00. The quantitative estimate of drug-likeness (QED) is 0.534. The van der Waals surface area contributed by atoms with Crippen LogP contribution in [0, 0.1) is 5.82 Å². The van der Waals surface area contributed by atoms with Gasteiger partial charge in [-0.1, -0.05) is 55.9 Å². The van der Waals surface area contributed by atoms with Crippen LogP contribution in [0.4, 0.5) is 10.1 Å². The van der Waals surface area contributed by atoms with E-state index in [9.17, 15) is 9.18 Å². The number of H-pyrrole nitrogens is 1. The lowest BCUT2D eigenvalue weighted by atomic mass is 9.97. The first-order valence-corrected chi connectivity index (χ1v) is 10.1. The van der Waals surface area contributed by atoms with E-state index in [-0.39, 0.29) is 11.7 Å². The summed E-state index contributed by atoms with van der Waals surface area (Å²) in [6.45, 7) is 6.06. The van der Waals surface area contributed by atoms with Crippen molar-refractivity contribution in [3.8, 4) is 11.4 Å². The Hall–Kier alpha value is -2.67. The van der Waals surface area contributed by atoms with Crippen molar-refractivity contribution in [2.24, 2.45) is 0 Å². The van der Waals surface area contributed by atoms with Crippen molar-refractivity contribution in [2.75, 3.05) is 5.32 Å². The average Bonchev–Trinajstić information content (AvgIpc) is 3.16. The summed E-state index contributed by atoms with van der Waals surface area (Å²) in [6.07, 6.45) is 0.993. The molecule has 0 saturated carbocycles. The molecule has 0 saturated heterocycles. The minimum Gasteiger partial charge on any atom is -0.325 e. The number of benzene rings is 2. The summed E-state index contributed by atoms with van der Waals surface area (Å²) in [5.74, 6) is 0.201. The van der Waals surface area contributed by atoms with Gasteiger partial charge in [-0.2, -0.15) is 0 Å². The number of halogens is 1. The van der Waals surface area contributed by atoms with E-state index >= 15 is 0 Å². The van der Waals surface area contributed by atoms with E-state index in [1.54, 1.807) is 25.1 Å². The minimum atomic E-state index is -0.408. The molecule has 0 aliphatic heterocycles. The average molecular weight is 399 g/mol. The smallest absolute Gasteiger partial charge is 0.237 e. The third kappa shape index (κ3) is 4.59. The lowest BCUT2D eigenvalue weighted by Crippen LogP contribution is -2.23. The topological polar surface area (TPSA) is 70.7 Å². The van der Waals surface area contributed by atoms with E-state index in [1.807, 2.05) is 24.3 Å². The third-order valence-corrected chi connectivity index (χ3v) is 5.57. The summed E-state index contributed by atoms with van der Waals surface area (Å²) in [7, 11) is 0. The van der Waals surface area contributed by atoms with E-state index in [0.717, 1.165) is 17.7 Å². The molecular weight excluding hydrogens is 375 g/mol. The monoisotopic (exact) mass is 398 g/mol. The Bertz CT molecular complexity index is 959. The van der Waals surface area contributed by atoms with Crippen molar-refractivity contribution in [3.05, 3.63) is 59.9 Å². The molecule has 2 aromatic carbocycles. The van der Waals surface area contributed by atoms with Gasteiger partial charge in [-0.15, -0.1) is 5.10 Å². The van der Waals surface area contributed by atoms with Gasteiger partial charge >= 0.3 is 0 Å². The van der Waals surface area contributed by atoms with Crippen LogP contribution in [0.2, 0.25) is 0 Å². The van der Waals surface area contributed by atoms with Gasteiger partial charge in [0.15, 0.2) is 5.82 Å². The molecular formula is C21H23FN4OS. The first-order valence-electron chi connectivity index (χ1n) is 9.23. The normalized spacial score (nSPS) is 13.1. The number of aromatic nitrogens is 3. The summed E-state index contributed by atoms with van der Waals surface area (Å²) in [5, 5.41) is 9.84. The molecule has 1 heterocycles. The third-order valence-electron chi connectivity index (χ3n) is 4.61. The number of nitrogens with zero attached hydrogens (tertiary/aromatic N) is 2. The first-order chi connectivity index (χ1) is 13.5. The number of anilines is 1. The highest BCUT2D eigenvalue weighted by atomic mass is 32.2. The lowest BCUT2D eigenvalue weighted by Gasteiger charge is -2.17. The number of hydrogen-bond donors (Lipinski definition) is 2. The molecule has 146 valence electrons. The Morgan fingerprint density at radius 3 is 2.64 bits per heavy atom. The number of rotatable bonds is 7. The van der Waals surface area contributed by atoms with Crippen LogP contribution in [0.25, 0.3) is 11.4 Å². The fourth-order valence-corrected chi connectivity index (χ4v) is 3.50. The maximum absolute atomic E-state index is 13.9. The van der Waals surface area contributed by atoms with Crippen LogP contribution in [-0.2, 0) is 4.79 Å². The van der Waals surface area contributed by atoms with Crippen LogP contribution in [0.3, 0.4) is 0 Å². The fourth-order valence-electron chi connectivity index (χ4n) is 2.78. The zero-order valence-corrected chi connectivity index (χ0v) is 16.9. The van der Waals surface area contributed by atoms with E-state index in [1.165, 1.54) is 17.8 Å². The molecule has 1 amide bonds. The van der Waals surface area contributed by atoms with Crippen LogP contribution >= 0.6 is 11.8 Å².